The van der Waals surface area contributed by atoms with Gasteiger partial charge >= 0.3 is 0 Å². The molecule has 2 rings (SSSR count). The second kappa shape index (κ2) is 5.33. The average Bonchev–Trinajstić information content (AvgIpc) is 2.34. The zero-order chi connectivity index (χ0) is 14.9. The molecule has 0 fully saturated rings. The maximum atomic E-state index is 12.1. The van der Waals surface area contributed by atoms with Gasteiger partial charge in [-0.15, -0.1) is 0 Å². The van der Waals surface area contributed by atoms with Crippen molar-refractivity contribution in [3.63, 3.8) is 0 Å². The van der Waals surface area contributed by atoms with E-state index in [1.54, 1.807) is 24.3 Å². The summed E-state index contributed by atoms with van der Waals surface area (Å²) in [5.74, 6) is 0.323. The summed E-state index contributed by atoms with van der Waals surface area (Å²) in [6.07, 6.45) is 1.63. The van der Waals surface area contributed by atoms with Gasteiger partial charge in [0.05, 0.1) is 6.10 Å². The predicted molar refractivity (Wildman–Crippen MR) is 78.4 cm³/mol. The fraction of sp³-hybridized carbons (Fsp3) is 0.250. The van der Waals surface area contributed by atoms with Crippen LogP contribution in [-0.4, -0.2) is 17.8 Å². The van der Waals surface area contributed by atoms with Gasteiger partial charge in [0.1, 0.15) is 5.76 Å². The highest BCUT2D eigenvalue weighted by molar-refractivity contribution is 6.16. The topological polar surface area (TPSA) is 55.4 Å². The molecule has 0 heterocycles. The SMILES string of the molecule is C=C1C=C(OC(C)C)c2cc(NC(C)=O)ccc2C1=O. The first-order valence-corrected chi connectivity index (χ1v) is 6.42. The Kier molecular flexibility index (Phi) is 3.74. The van der Waals surface area contributed by atoms with E-state index in [0.29, 0.717) is 28.1 Å². The monoisotopic (exact) mass is 271 g/mol. The molecule has 1 aliphatic rings. The van der Waals surface area contributed by atoms with Crippen molar-refractivity contribution in [3.8, 4) is 0 Å². The molecule has 1 aliphatic carbocycles. The van der Waals surface area contributed by atoms with Gasteiger partial charge in [-0.25, -0.2) is 0 Å². The molecular formula is C16H17NO3. The number of Topliss-reactive ketones (excluding diaryl/α,β-unsaturated/α-hetero) is 1. The minimum atomic E-state index is -0.160. The Bertz CT molecular complexity index is 627. The van der Waals surface area contributed by atoms with E-state index in [0.717, 1.165) is 0 Å². The number of nitrogens with one attached hydrogen (secondary N) is 1. The number of fused-ring (bicyclic) bond motifs is 1. The second-order valence-corrected chi connectivity index (χ2v) is 4.97. The zero-order valence-electron chi connectivity index (χ0n) is 11.8. The van der Waals surface area contributed by atoms with E-state index in [4.69, 9.17) is 4.74 Å². The highest BCUT2D eigenvalue weighted by Crippen LogP contribution is 2.32. The minimum Gasteiger partial charge on any atom is -0.490 e. The lowest BCUT2D eigenvalue weighted by Gasteiger charge is -2.21. The number of carbonyl (C=O) groups is 2. The van der Waals surface area contributed by atoms with E-state index in [9.17, 15) is 9.59 Å². The Morgan fingerprint density at radius 2 is 2.00 bits per heavy atom. The molecule has 1 amide bonds. The van der Waals surface area contributed by atoms with Crippen molar-refractivity contribution in [3.05, 3.63) is 47.6 Å². The fourth-order valence-corrected chi connectivity index (χ4v) is 2.05. The molecule has 0 radical (unpaired) electrons. The summed E-state index contributed by atoms with van der Waals surface area (Å²) in [6, 6.07) is 5.13. The Balaban J connectivity index is 2.49. The molecule has 0 saturated heterocycles. The number of rotatable bonds is 3. The molecule has 0 aliphatic heterocycles. The second-order valence-electron chi connectivity index (χ2n) is 4.97. The molecule has 20 heavy (non-hydrogen) atoms. The molecule has 0 spiro atoms. The van der Waals surface area contributed by atoms with Crippen LogP contribution >= 0.6 is 0 Å². The van der Waals surface area contributed by atoms with Crippen LogP contribution in [0.25, 0.3) is 5.76 Å². The van der Waals surface area contributed by atoms with Crippen LogP contribution in [0.4, 0.5) is 5.69 Å². The first-order chi connectivity index (χ1) is 9.38. The van der Waals surface area contributed by atoms with Crippen molar-refractivity contribution in [1.29, 1.82) is 0 Å². The lowest BCUT2D eigenvalue weighted by molar-refractivity contribution is -0.114. The molecule has 0 saturated carbocycles. The molecule has 4 heteroatoms. The van der Waals surface area contributed by atoms with Crippen molar-refractivity contribution in [1.82, 2.24) is 0 Å². The largest absolute Gasteiger partial charge is 0.490 e. The van der Waals surface area contributed by atoms with Crippen molar-refractivity contribution in [2.45, 2.75) is 26.9 Å². The summed E-state index contributed by atoms with van der Waals surface area (Å²) >= 11 is 0. The standard InChI is InChI=1S/C16H17NO3/c1-9(2)20-15-7-10(3)16(19)13-6-5-12(8-14(13)15)17-11(4)18/h5-9H,3H2,1-2,4H3,(H,17,18). The van der Waals surface area contributed by atoms with E-state index in [2.05, 4.69) is 11.9 Å². The van der Waals surface area contributed by atoms with Crippen LogP contribution < -0.4 is 5.32 Å². The summed E-state index contributed by atoms with van der Waals surface area (Å²) in [5, 5.41) is 2.70. The van der Waals surface area contributed by atoms with Gasteiger partial charge in [-0.05, 0) is 38.1 Å². The zero-order valence-corrected chi connectivity index (χ0v) is 11.8. The van der Waals surface area contributed by atoms with Crippen LogP contribution in [-0.2, 0) is 9.53 Å². The van der Waals surface area contributed by atoms with Gasteiger partial charge in [-0.2, -0.15) is 0 Å². The number of hydrogen-bond donors (Lipinski definition) is 1. The van der Waals surface area contributed by atoms with Gasteiger partial charge in [0.25, 0.3) is 0 Å². The third-order valence-electron chi connectivity index (χ3n) is 2.81. The van der Waals surface area contributed by atoms with E-state index < -0.39 is 0 Å². The number of anilines is 1. The smallest absolute Gasteiger partial charge is 0.221 e. The summed E-state index contributed by atoms with van der Waals surface area (Å²) in [4.78, 5) is 23.2. The molecule has 0 bridgehead atoms. The molecule has 4 nitrogen and oxygen atoms in total. The van der Waals surface area contributed by atoms with E-state index in [1.807, 2.05) is 13.8 Å². The Morgan fingerprint density at radius 1 is 1.30 bits per heavy atom. The molecule has 0 unspecified atom stereocenters. The molecule has 1 aromatic carbocycles. The highest BCUT2D eigenvalue weighted by atomic mass is 16.5. The summed E-state index contributed by atoms with van der Waals surface area (Å²) in [5.41, 5.74) is 2.26. The van der Waals surface area contributed by atoms with Crippen LogP contribution in [0.2, 0.25) is 0 Å². The van der Waals surface area contributed by atoms with Crippen molar-refractivity contribution >= 4 is 23.1 Å². The van der Waals surface area contributed by atoms with Gasteiger partial charge < -0.3 is 10.1 Å². The molecule has 1 N–H and O–H groups in total. The van der Waals surface area contributed by atoms with Crippen molar-refractivity contribution < 1.29 is 14.3 Å². The van der Waals surface area contributed by atoms with Gasteiger partial charge in [-0.3, -0.25) is 9.59 Å². The lowest BCUT2D eigenvalue weighted by atomic mass is 9.91. The van der Waals surface area contributed by atoms with Gasteiger partial charge in [0.2, 0.25) is 5.91 Å². The minimum absolute atomic E-state index is 0.0143. The molecular weight excluding hydrogens is 254 g/mol. The quantitative estimate of drug-likeness (QED) is 0.859. The molecule has 0 aromatic heterocycles. The highest BCUT2D eigenvalue weighted by Gasteiger charge is 2.24. The van der Waals surface area contributed by atoms with Crippen LogP contribution in [0.3, 0.4) is 0 Å². The van der Waals surface area contributed by atoms with E-state index >= 15 is 0 Å². The van der Waals surface area contributed by atoms with E-state index in [1.165, 1.54) is 6.92 Å². The van der Waals surface area contributed by atoms with Gasteiger partial charge in [0.15, 0.2) is 5.78 Å². The van der Waals surface area contributed by atoms with Crippen molar-refractivity contribution in [2.24, 2.45) is 0 Å². The van der Waals surface area contributed by atoms with E-state index in [-0.39, 0.29) is 17.8 Å². The number of hydrogen-bond acceptors (Lipinski definition) is 3. The number of carbonyl (C=O) groups excluding carboxylic acids is 2. The Hall–Kier alpha value is -2.36. The first-order valence-electron chi connectivity index (χ1n) is 6.42. The van der Waals surface area contributed by atoms with Crippen LogP contribution in [0.1, 0.15) is 36.7 Å². The van der Waals surface area contributed by atoms with Gasteiger partial charge in [-0.1, -0.05) is 6.58 Å². The Labute approximate surface area is 118 Å². The molecule has 1 aromatic rings. The normalized spacial score (nSPS) is 13.9. The number of benzene rings is 1. The van der Waals surface area contributed by atoms with Crippen LogP contribution in [0, 0.1) is 0 Å². The maximum Gasteiger partial charge on any atom is 0.221 e. The summed E-state index contributed by atoms with van der Waals surface area (Å²) in [7, 11) is 0. The number of amides is 1. The van der Waals surface area contributed by atoms with Crippen LogP contribution in [0.5, 0.6) is 0 Å². The maximum absolute atomic E-state index is 12.1. The first kappa shape index (κ1) is 14.1. The lowest BCUT2D eigenvalue weighted by Crippen LogP contribution is -2.15. The van der Waals surface area contributed by atoms with Gasteiger partial charge in [0, 0.05) is 29.3 Å². The average molecular weight is 271 g/mol. The third kappa shape index (κ3) is 2.79. The fourth-order valence-electron chi connectivity index (χ4n) is 2.05. The van der Waals surface area contributed by atoms with Crippen LogP contribution in [0.15, 0.2) is 36.4 Å². The molecule has 0 atom stereocenters. The number of allylic oxidation sites excluding steroid dienone is 2. The Morgan fingerprint density at radius 3 is 2.60 bits per heavy atom. The molecule has 104 valence electrons. The number of ketones is 1. The predicted octanol–water partition coefficient (Wildman–Crippen LogP) is 3.16. The third-order valence-corrected chi connectivity index (χ3v) is 2.81. The summed E-state index contributed by atoms with van der Waals surface area (Å²) in [6.45, 7) is 9.01. The number of ether oxygens (including phenoxy) is 1. The van der Waals surface area contributed by atoms with Crippen molar-refractivity contribution in [2.75, 3.05) is 5.32 Å². The summed E-state index contributed by atoms with van der Waals surface area (Å²) < 4.78 is 5.73.